The molecule has 0 unspecified atom stereocenters. The summed E-state index contributed by atoms with van der Waals surface area (Å²) in [7, 11) is -2.04. The van der Waals surface area contributed by atoms with Gasteiger partial charge >= 0.3 is 0 Å². The predicted octanol–water partition coefficient (Wildman–Crippen LogP) is 2.27. The third kappa shape index (κ3) is 3.36. The van der Waals surface area contributed by atoms with Gasteiger partial charge in [-0.25, -0.2) is 12.8 Å². The molecule has 2 aromatic rings. The van der Waals surface area contributed by atoms with Crippen molar-refractivity contribution in [2.45, 2.75) is 38.3 Å². The molecule has 1 aliphatic heterocycles. The monoisotopic (exact) mass is 440 g/mol. The number of ether oxygens (including phenoxy) is 1. The fourth-order valence-corrected chi connectivity index (χ4v) is 5.88. The number of nitrogens with zero attached hydrogens (tertiary/aromatic N) is 2. The van der Waals surface area contributed by atoms with Crippen LogP contribution in [-0.2, 0) is 9.84 Å². The molecule has 4 rings (SSSR count). The molecule has 0 radical (unpaired) electrons. The van der Waals surface area contributed by atoms with Gasteiger partial charge in [0.2, 0.25) is 11.2 Å². The molecular formula is C20H22F2N2O5S. The second-order valence-corrected chi connectivity index (χ2v) is 9.99. The van der Waals surface area contributed by atoms with Crippen LogP contribution >= 0.6 is 0 Å². The molecule has 7 nitrogen and oxygen atoms in total. The summed E-state index contributed by atoms with van der Waals surface area (Å²) in [6, 6.07) is 0.221. The second kappa shape index (κ2) is 7.33. The minimum atomic E-state index is -3.23. The van der Waals surface area contributed by atoms with Crippen molar-refractivity contribution in [2.75, 3.05) is 25.2 Å². The Morgan fingerprint density at radius 3 is 2.53 bits per heavy atom. The maximum Gasteiger partial charge on any atom is 0.259 e. The number of hydrogen-bond donors (Lipinski definition) is 0. The molecule has 10 heteroatoms. The zero-order valence-corrected chi connectivity index (χ0v) is 17.5. The number of carbonyl (C=O) groups is 1. The third-order valence-electron chi connectivity index (χ3n) is 5.79. The second-order valence-electron chi connectivity index (χ2n) is 7.76. The summed E-state index contributed by atoms with van der Waals surface area (Å²) in [6.45, 7) is 1.93. The first kappa shape index (κ1) is 20.8. The summed E-state index contributed by atoms with van der Waals surface area (Å²) >= 11 is 0. The number of carbonyl (C=O) groups excluding carboxylic acids is 1. The normalized spacial score (nSPS) is 20.5. The van der Waals surface area contributed by atoms with Crippen LogP contribution in [0.2, 0.25) is 0 Å². The van der Waals surface area contributed by atoms with E-state index in [-0.39, 0.29) is 46.3 Å². The molecule has 1 aromatic carbocycles. The maximum absolute atomic E-state index is 14.3. The number of pyridine rings is 1. The number of fused-ring (bicyclic) bond motifs is 1. The Bertz CT molecular complexity index is 1200. The molecule has 1 saturated heterocycles. The highest BCUT2D eigenvalue weighted by Crippen LogP contribution is 2.40. The molecule has 2 heterocycles. The number of hydrogen-bond acceptors (Lipinski definition) is 5. The molecule has 1 saturated carbocycles. The molecule has 2 aliphatic rings. The third-order valence-corrected chi connectivity index (χ3v) is 7.54. The van der Waals surface area contributed by atoms with Crippen molar-refractivity contribution in [2.24, 2.45) is 0 Å². The van der Waals surface area contributed by atoms with Gasteiger partial charge in [-0.15, -0.1) is 0 Å². The van der Waals surface area contributed by atoms with Gasteiger partial charge in [-0.2, -0.15) is 4.39 Å². The van der Waals surface area contributed by atoms with Gasteiger partial charge < -0.3 is 14.2 Å². The summed E-state index contributed by atoms with van der Waals surface area (Å²) in [5, 5.41) is -0.140. The van der Waals surface area contributed by atoms with Crippen LogP contribution in [-0.4, -0.2) is 55.0 Å². The van der Waals surface area contributed by atoms with Gasteiger partial charge in [-0.3, -0.25) is 9.59 Å². The Labute approximate surface area is 172 Å². The number of aromatic nitrogens is 1. The van der Waals surface area contributed by atoms with E-state index in [1.807, 2.05) is 0 Å². The van der Waals surface area contributed by atoms with E-state index in [0.717, 1.165) is 18.9 Å². The summed E-state index contributed by atoms with van der Waals surface area (Å²) < 4.78 is 58.8. The van der Waals surface area contributed by atoms with Gasteiger partial charge in [0.1, 0.15) is 5.56 Å². The number of sulfone groups is 1. The van der Waals surface area contributed by atoms with Crippen LogP contribution in [0.25, 0.3) is 10.9 Å². The zero-order valence-electron chi connectivity index (χ0n) is 16.7. The van der Waals surface area contributed by atoms with Crippen LogP contribution in [0.4, 0.5) is 8.78 Å². The summed E-state index contributed by atoms with van der Waals surface area (Å²) in [6.07, 6.45) is 3.22. The molecular weight excluding hydrogens is 418 g/mol. The molecule has 0 spiro atoms. The van der Waals surface area contributed by atoms with Gasteiger partial charge in [-0.05, 0) is 32.3 Å². The van der Waals surface area contributed by atoms with Crippen molar-refractivity contribution in [1.82, 2.24) is 9.47 Å². The van der Waals surface area contributed by atoms with E-state index in [9.17, 15) is 26.8 Å². The number of methoxy groups -OCH3 is 1. The largest absolute Gasteiger partial charge is 0.491 e. The standard InChI is InChI=1S/C20H22F2N2O5S/c1-3-23(12-6-7-30(27,28)10-12)20(26)14-9-24(11-4-5-11)17-13(18(14)25)8-15(21)16(22)19(17)29-2/h8-9,11-12H,3-7,10H2,1-2H3/t12-/m0/s1. The minimum absolute atomic E-state index is 0.00679. The fourth-order valence-electron chi connectivity index (χ4n) is 4.15. The number of benzene rings is 1. The maximum atomic E-state index is 14.3. The number of amides is 1. The van der Waals surface area contributed by atoms with Crippen LogP contribution in [0.1, 0.15) is 42.6 Å². The van der Waals surface area contributed by atoms with Gasteiger partial charge in [-0.1, -0.05) is 0 Å². The Morgan fingerprint density at radius 1 is 1.30 bits per heavy atom. The molecule has 30 heavy (non-hydrogen) atoms. The summed E-state index contributed by atoms with van der Waals surface area (Å²) in [5.41, 5.74) is -0.802. The minimum Gasteiger partial charge on any atom is -0.491 e. The lowest BCUT2D eigenvalue weighted by atomic mass is 10.1. The molecule has 2 fully saturated rings. The van der Waals surface area contributed by atoms with E-state index in [0.29, 0.717) is 6.42 Å². The van der Waals surface area contributed by atoms with Gasteiger partial charge in [0.15, 0.2) is 21.4 Å². The van der Waals surface area contributed by atoms with Crippen LogP contribution in [0.15, 0.2) is 17.1 Å². The van der Waals surface area contributed by atoms with Crippen LogP contribution in [0, 0.1) is 11.6 Å². The molecule has 1 atom stereocenters. The van der Waals surface area contributed by atoms with Crippen molar-refractivity contribution >= 4 is 26.6 Å². The van der Waals surface area contributed by atoms with Crippen LogP contribution < -0.4 is 10.2 Å². The highest BCUT2D eigenvalue weighted by molar-refractivity contribution is 7.91. The Hall–Kier alpha value is -2.49. The van der Waals surface area contributed by atoms with E-state index in [1.165, 1.54) is 18.2 Å². The average Bonchev–Trinajstić information content (AvgIpc) is 3.47. The topological polar surface area (TPSA) is 85.7 Å². The first-order valence-electron chi connectivity index (χ1n) is 9.80. The van der Waals surface area contributed by atoms with Crippen molar-refractivity contribution in [3.05, 3.63) is 39.7 Å². The molecule has 0 N–H and O–H groups in total. The van der Waals surface area contributed by atoms with Crippen molar-refractivity contribution in [3.63, 3.8) is 0 Å². The average molecular weight is 440 g/mol. The predicted molar refractivity (Wildman–Crippen MR) is 107 cm³/mol. The smallest absolute Gasteiger partial charge is 0.259 e. The lowest BCUT2D eigenvalue weighted by molar-refractivity contribution is 0.0706. The van der Waals surface area contributed by atoms with E-state index in [4.69, 9.17) is 4.74 Å². The van der Waals surface area contributed by atoms with E-state index >= 15 is 0 Å². The number of halogens is 2. The molecule has 1 aliphatic carbocycles. The van der Waals surface area contributed by atoms with Crippen molar-refractivity contribution in [3.8, 4) is 5.75 Å². The molecule has 162 valence electrons. The van der Waals surface area contributed by atoms with E-state index in [1.54, 1.807) is 11.5 Å². The first-order valence-corrected chi connectivity index (χ1v) is 11.6. The lowest BCUT2D eigenvalue weighted by Crippen LogP contribution is -2.43. The van der Waals surface area contributed by atoms with E-state index in [2.05, 4.69) is 0 Å². The zero-order chi connectivity index (χ0) is 21.8. The first-order chi connectivity index (χ1) is 14.2. The van der Waals surface area contributed by atoms with Crippen LogP contribution in [0.5, 0.6) is 5.75 Å². The highest BCUT2D eigenvalue weighted by atomic mass is 32.2. The Morgan fingerprint density at radius 2 is 2.00 bits per heavy atom. The van der Waals surface area contributed by atoms with Crippen molar-refractivity contribution < 1.29 is 26.7 Å². The van der Waals surface area contributed by atoms with Gasteiger partial charge in [0.25, 0.3) is 5.91 Å². The highest BCUT2D eigenvalue weighted by Gasteiger charge is 2.36. The quantitative estimate of drug-likeness (QED) is 0.712. The molecule has 1 amide bonds. The number of rotatable bonds is 5. The molecule has 1 aromatic heterocycles. The molecule has 0 bridgehead atoms. The van der Waals surface area contributed by atoms with Crippen molar-refractivity contribution in [1.29, 1.82) is 0 Å². The van der Waals surface area contributed by atoms with Gasteiger partial charge in [0, 0.05) is 24.8 Å². The summed E-state index contributed by atoms with van der Waals surface area (Å²) in [4.78, 5) is 27.8. The Kier molecular flexibility index (Phi) is 5.08. The van der Waals surface area contributed by atoms with Gasteiger partial charge in [0.05, 0.1) is 29.5 Å². The SMILES string of the molecule is CCN(C(=O)c1cn(C2CC2)c2c(OC)c(F)c(F)cc2c1=O)[C@H]1CCS(=O)(=O)C1. The van der Waals surface area contributed by atoms with Crippen LogP contribution in [0.3, 0.4) is 0 Å². The van der Waals surface area contributed by atoms with E-state index < -0.39 is 38.8 Å². The fraction of sp³-hybridized carbons (Fsp3) is 0.500. The lowest BCUT2D eigenvalue weighted by Gasteiger charge is -2.27. The summed E-state index contributed by atoms with van der Waals surface area (Å²) in [5.74, 6) is -3.56. The Balaban J connectivity index is 1.89.